The summed E-state index contributed by atoms with van der Waals surface area (Å²) in [6.07, 6.45) is -1.03. The van der Waals surface area contributed by atoms with Gasteiger partial charge in [0.25, 0.3) is 6.43 Å². The van der Waals surface area contributed by atoms with E-state index in [9.17, 15) is 13.6 Å². The van der Waals surface area contributed by atoms with Crippen LogP contribution in [0.3, 0.4) is 0 Å². The summed E-state index contributed by atoms with van der Waals surface area (Å²) in [5.41, 5.74) is 5.64. The van der Waals surface area contributed by atoms with Crippen molar-refractivity contribution in [3.8, 4) is 0 Å². The van der Waals surface area contributed by atoms with Crippen molar-refractivity contribution in [3.63, 3.8) is 0 Å². The lowest BCUT2D eigenvalue weighted by Gasteiger charge is -2.11. The minimum absolute atomic E-state index is 0.0190. The molecule has 0 aliphatic heterocycles. The van der Waals surface area contributed by atoms with Crippen LogP contribution in [-0.4, -0.2) is 11.3 Å². The Hall–Kier alpha value is -1.36. The van der Waals surface area contributed by atoms with Gasteiger partial charge in [0.2, 0.25) is 0 Å². The van der Waals surface area contributed by atoms with Gasteiger partial charge in [-0.3, -0.25) is 9.78 Å². The Morgan fingerprint density at radius 3 is 2.71 bits per heavy atom. The summed E-state index contributed by atoms with van der Waals surface area (Å²) in [6, 6.07) is 0. The van der Waals surface area contributed by atoms with Crippen LogP contribution >= 0.6 is 0 Å². The molecule has 0 saturated heterocycles. The maximum Gasteiger partial charge on any atom is 0.266 e. The highest BCUT2D eigenvalue weighted by molar-refractivity contribution is 5.75. The Bertz CT molecular complexity index is 353. The van der Waals surface area contributed by atoms with Gasteiger partial charge in [0.1, 0.15) is 5.69 Å². The van der Waals surface area contributed by atoms with E-state index in [2.05, 4.69) is 4.98 Å². The fourth-order valence-corrected chi connectivity index (χ4v) is 1.29. The quantitative estimate of drug-likeness (QED) is 0.754. The van der Waals surface area contributed by atoms with Gasteiger partial charge < -0.3 is 5.73 Å². The highest BCUT2D eigenvalue weighted by Crippen LogP contribution is 2.26. The lowest BCUT2D eigenvalue weighted by molar-refractivity contribution is 0.110. The standard InChI is InChI=1S/C9H10F2N2O/c1-5-3-13-7(4-14)8(9(10)11)6(5)2-12/h3-4,9H,2,12H2,1H3. The average Bonchev–Trinajstić information content (AvgIpc) is 2.17. The molecule has 0 bridgehead atoms. The molecular weight excluding hydrogens is 190 g/mol. The normalized spacial score (nSPS) is 10.6. The number of hydrogen-bond donors (Lipinski definition) is 1. The van der Waals surface area contributed by atoms with E-state index in [0.717, 1.165) is 0 Å². The van der Waals surface area contributed by atoms with E-state index >= 15 is 0 Å². The molecule has 1 heterocycles. The first kappa shape index (κ1) is 10.7. The first-order chi connectivity index (χ1) is 6.61. The van der Waals surface area contributed by atoms with E-state index in [1.807, 2.05) is 0 Å². The van der Waals surface area contributed by atoms with Crippen LogP contribution in [0.2, 0.25) is 0 Å². The third-order valence-electron chi connectivity index (χ3n) is 2.01. The number of aromatic nitrogens is 1. The molecule has 5 heteroatoms. The zero-order valence-electron chi connectivity index (χ0n) is 7.63. The van der Waals surface area contributed by atoms with E-state index in [4.69, 9.17) is 5.73 Å². The smallest absolute Gasteiger partial charge is 0.266 e. The van der Waals surface area contributed by atoms with Crippen molar-refractivity contribution >= 4 is 6.29 Å². The molecule has 0 amide bonds. The highest BCUT2D eigenvalue weighted by atomic mass is 19.3. The van der Waals surface area contributed by atoms with E-state index in [-0.39, 0.29) is 17.8 Å². The SMILES string of the molecule is Cc1cnc(C=O)c(C(F)F)c1CN. The molecule has 0 aliphatic carbocycles. The Balaban J connectivity index is 3.43. The molecule has 0 radical (unpaired) electrons. The molecular formula is C9H10F2N2O. The number of carbonyl (C=O) groups excluding carboxylic acids is 1. The third kappa shape index (κ3) is 1.77. The lowest BCUT2D eigenvalue weighted by Crippen LogP contribution is -2.09. The average molecular weight is 200 g/mol. The molecule has 0 aromatic carbocycles. The van der Waals surface area contributed by atoms with E-state index in [1.54, 1.807) is 6.92 Å². The van der Waals surface area contributed by atoms with Gasteiger partial charge in [0.15, 0.2) is 6.29 Å². The molecule has 76 valence electrons. The molecule has 14 heavy (non-hydrogen) atoms. The minimum Gasteiger partial charge on any atom is -0.326 e. The molecule has 1 aromatic rings. The highest BCUT2D eigenvalue weighted by Gasteiger charge is 2.19. The van der Waals surface area contributed by atoms with Crippen LogP contribution < -0.4 is 5.73 Å². The van der Waals surface area contributed by atoms with Gasteiger partial charge >= 0.3 is 0 Å². The largest absolute Gasteiger partial charge is 0.326 e. The van der Waals surface area contributed by atoms with Crippen LogP contribution in [-0.2, 0) is 6.54 Å². The summed E-state index contributed by atoms with van der Waals surface area (Å²) in [5.74, 6) is 0. The van der Waals surface area contributed by atoms with Crippen molar-refractivity contribution < 1.29 is 13.6 Å². The predicted octanol–water partition coefficient (Wildman–Crippen LogP) is 1.60. The van der Waals surface area contributed by atoms with Crippen molar-refractivity contribution in [1.29, 1.82) is 0 Å². The van der Waals surface area contributed by atoms with Crippen LogP contribution in [0.5, 0.6) is 0 Å². The summed E-state index contributed by atoms with van der Waals surface area (Å²) >= 11 is 0. The van der Waals surface area contributed by atoms with Crippen molar-refractivity contribution in [2.24, 2.45) is 5.73 Å². The Labute approximate surface area is 79.9 Å². The zero-order valence-corrected chi connectivity index (χ0v) is 7.63. The van der Waals surface area contributed by atoms with Gasteiger partial charge in [-0.25, -0.2) is 8.78 Å². The maximum absolute atomic E-state index is 12.6. The molecule has 1 aromatic heterocycles. The number of rotatable bonds is 3. The number of nitrogens with zero attached hydrogens (tertiary/aromatic N) is 1. The van der Waals surface area contributed by atoms with Crippen molar-refractivity contribution in [2.75, 3.05) is 0 Å². The monoisotopic (exact) mass is 200 g/mol. The Kier molecular flexibility index (Phi) is 3.24. The second kappa shape index (κ2) is 4.23. The molecule has 0 fully saturated rings. The zero-order chi connectivity index (χ0) is 10.7. The number of alkyl halides is 2. The predicted molar refractivity (Wildman–Crippen MR) is 47.2 cm³/mol. The lowest BCUT2D eigenvalue weighted by atomic mass is 10.0. The molecule has 0 aliphatic rings. The van der Waals surface area contributed by atoms with Crippen LogP contribution in [0.4, 0.5) is 8.78 Å². The number of aryl methyl sites for hydroxylation is 1. The molecule has 3 nitrogen and oxygen atoms in total. The summed E-state index contributed by atoms with van der Waals surface area (Å²) in [4.78, 5) is 14.1. The second-order valence-electron chi connectivity index (χ2n) is 2.84. The van der Waals surface area contributed by atoms with E-state index in [1.165, 1.54) is 6.20 Å². The van der Waals surface area contributed by atoms with Crippen molar-refractivity contribution in [1.82, 2.24) is 4.98 Å². The molecule has 0 spiro atoms. The van der Waals surface area contributed by atoms with Crippen molar-refractivity contribution in [2.45, 2.75) is 19.9 Å². The summed E-state index contributed by atoms with van der Waals surface area (Å²) in [7, 11) is 0. The first-order valence-corrected chi connectivity index (χ1v) is 4.03. The first-order valence-electron chi connectivity index (χ1n) is 4.03. The van der Waals surface area contributed by atoms with Crippen LogP contribution in [0, 0.1) is 6.92 Å². The molecule has 2 N–H and O–H groups in total. The summed E-state index contributed by atoms with van der Waals surface area (Å²) in [5, 5.41) is 0. The number of hydrogen-bond acceptors (Lipinski definition) is 3. The number of pyridine rings is 1. The van der Waals surface area contributed by atoms with E-state index in [0.29, 0.717) is 17.4 Å². The van der Waals surface area contributed by atoms with Crippen LogP contribution in [0.15, 0.2) is 6.20 Å². The van der Waals surface area contributed by atoms with Gasteiger partial charge in [-0.05, 0) is 18.1 Å². The van der Waals surface area contributed by atoms with Gasteiger partial charge in [-0.2, -0.15) is 0 Å². The van der Waals surface area contributed by atoms with Crippen molar-refractivity contribution in [3.05, 3.63) is 28.6 Å². The summed E-state index contributed by atoms with van der Waals surface area (Å²) in [6.45, 7) is 1.62. The van der Waals surface area contributed by atoms with Gasteiger partial charge in [-0.1, -0.05) is 0 Å². The minimum atomic E-state index is -2.72. The molecule has 0 saturated carbocycles. The number of aldehydes is 1. The van der Waals surface area contributed by atoms with Gasteiger partial charge in [-0.15, -0.1) is 0 Å². The maximum atomic E-state index is 12.6. The van der Waals surface area contributed by atoms with Crippen LogP contribution in [0.25, 0.3) is 0 Å². The molecule has 0 atom stereocenters. The number of nitrogens with two attached hydrogens (primary N) is 1. The summed E-state index contributed by atoms with van der Waals surface area (Å²) < 4.78 is 25.2. The molecule has 1 rings (SSSR count). The van der Waals surface area contributed by atoms with Gasteiger partial charge in [0.05, 0.1) is 5.56 Å². The Morgan fingerprint density at radius 1 is 1.64 bits per heavy atom. The number of carbonyl (C=O) groups is 1. The number of halogens is 2. The van der Waals surface area contributed by atoms with Gasteiger partial charge in [0, 0.05) is 12.7 Å². The molecule has 0 unspecified atom stereocenters. The topological polar surface area (TPSA) is 56.0 Å². The fourth-order valence-electron chi connectivity index (χ4n) is 1.29. The fraction of sp³-hybridized carbons (Fsp3) is 0.333. The second-order valence-corrected chi connectivity index (χ2v) is 2.84. The third-order valence-corrected chi connectivity index (χ3v) is 2.01. The van der Waals surface area contributed by atoms with E-state index < -0.39 is 6.43 Å². The Morgan fingerprint density at radius 2 is 2.29 bits per heavy atom. The van der Waals surface area contributed by atoms with Crippen LogP contribution in [0.1, 0.15) is 33.6 Å².